The Morgan fingerprint density at radius 3 is 2.41 bits per heavy atom. The van der Waals surface area contributed by atoms with E-state index in [1.807, 2.05) is 0 Å². The molecule has 0 aliphatic carbocycles. The molecule has 0 aromatic carbocycles. The molecule has 2 heterocycles. The Labute approximate surface area is 95.2 Å². The lowest BCUT2D eigenvalue weighted by Crippen LogP contribution is -2.73. The van der Waals surface area contributed by atoms with Crippen molar-refractivity contribution < 1.29 is 27.4 Å². The summed E-state index contributed by atoms with van der Waals surface area (Å²) in [6.45, 7) is 1.33. The molecule has 17 heavy (non-hydrogen) atoms. The van der Waals surface area contributed by atoms with Gasteiger partial charge in [0.1, 0.15) is 5.66 Å². The van der Waals surface area contributed by atoms with E-state index in [4.69, 9.17) is 4.55 Å². The molecule has 10 nitrogen and oxygen atoms in total. The highest BCUT2D eigenvalue weighted by Crippen LogP contribution is 2.21. The van der Waals surface area contributed by atoms with Gasteiger partial charge in [-0.3, -0.25) is 9.35 Å². The molecular weight excluding hydrogens is 256 g/mol. The van der Waals surface area contributed by atoms with Gasteiger partial charge in [-0.15, -0.1) is 4.31 Å². The third kappa shape index (κ3) is 1.59. The van der Waals surface area contributed by atoms with Crippen molar-refractivity contribution in [3.05, 3.63) is 0 Å². The second-order valence-corrected chi connectivity index (χ2v) is 5.01. The van der Waals surface area contributed by atoms with E-state index in [2.05, 4.69) is 16.0 Å². The topological polar surface area (TPSA) is 145 Å². The molecule has 0 bridgehead atoms. The third-order valence-electron chi connectivity index (χ3n) is 2.45. The quantitative estimate of drug-likeness (QED) is 0.393. The van der Waals surface area contributed by atoms with Gasteiger partial charge in [-0.1, -0.05) is 0 Å². The Bertz CT molecular complexity index is 529. The van der Waals surface area contributed by atoms with E-state index in [1.54, 1.807) is 0 Å². The van der Waals surface area contributed by atoms with E-state index in [-0.39, 0.29) is 4.31 Å². The smallest absolute Gasteiger partial charge is 0.322 e. The summed E-state index contributed by atoms with van der Waals surface area (Å²) in [4.78, 5) is 34.1. The Morgan fingerprint density at radius 1 is 1.29 bits per heavy atom. The molecule has 2 rings (SSSR count). The van der Waals surface area contributed by atoms with Crippen LogP contribution in [0.5, 0.6) is 0 Å². The first-order valence-corrected chi connectivity index (χ1v) is 5.77. The molecule has 4 N–H and O–H groups in total. The van der Waals surface area contributed by atoms with Crippen LogP contribution < -0.4 is 16.0 Å². The maximum absolute atomic E-state index is 11.7. The molecule has 2 fully saturated rings. The van der Waals surface area contributed by atoms with Crippen LogP contribution >= 0.6 is 0 Å². The first kappa shape index (κ1) is 11.6. The number of hydrogen-bond donors (Lipinski definition) is 4. The molecule has 0 spiro atoms. The number of urea groups is 2. The van der Waals surface area contributed by atoms with Gasteiger partial charge in [0.2, 0.25) is 0 Å². The summed E-state index contributed by atoms with van der Waals surface area (Å²) in [7, 11) is -5.01. The lowest BCUT2D eigenvalue weighted by molar-refractivity contribution is -0.129. The average Bonchev–Trinajstić information content (AvgIpc) is 2.37. The number of hydrogen-bond acceptors (Lipinski definition) is 5. The highest BCUT2D eigenvalue weighted by atomic mass is 32.2. The zero-order valence-corrected chi connectivity index (χ0v) is 9.24. The summed E-state index contributed by atoms with van der Waals surface area (Å²) in [6.07, 6.45) is 0. The molecule has 2 saturated heterocycles. The minimum absolute atomic E-state index is 0.341. The number of nitrogens with one attached hydrogen (secondary N) is 3. The number of carbonyl (C=O) groups is 3. The van der Waals surface area contributed by atoms with Gasteiger partial charge >= 0.3 is 22.4 Å². The average molecular weight is 264 g/mol. The Kier molecular flexibility index (Phi) is 2.10. The third-order valence-corrected chi connectivity index (χ3v) is 3.26. The predicted molar refractivity (Wildman–Crippen MR) is 50.8 cm³/mol. The molecule has 0 aromatic rings. The lowest BCUT2D eigenvalue weighted by atomic mass is 10.0. The molecule has 0 radical (unpaired) electrons. The number of nitrogens with zero attached hydrogens (tertiary/aromatic N) is 1. The van der Waals surface area contributed by atoms with Crippen LogP contribution in [-0.4, -0.2) is 46.9 Å². The van der Waals surface area contributed by atoms with E-state index in [0.29, 0.717) is 0 Å². The second-order valence-electron chi connectivity index (χ2n) is 3.74. The standard InChI is InChI=1S/C6H8N4O6S/c1-6-2(7-4(12)8-6)3(11)10(5(13)9-6)17(14,15)16/h2H,1H3,(H,9,13)(H2,7,8,12)(H,14,15,16). The number of imide groups is 1. The molecule has 2 aliphatic rings. The van der Waals surface area contributed by atoms with Crippen molar-refractivity contribution in [2.24, 2.45) is 0 Å². The van der Waals surface area contributed by atoms with Gasteiger partial charge in [0.25, 0.3) is 5.91 Å². The number of amides is 5. The molecule has 2 atom stereocenters. The summed E-state index contributed by atoms with van der Waals surface area (Å²) in [5.41, 5.74) is -1.42. The normalized spacial score (nSPS) is 32.7. The molecular formula is C6H8N4O6S. The SMILES string of the molecule is CC12NC(=O)NC1C(=O)N(S(=O)(=O)O)C(=O)N2. The zero-order valence-electron chi connectivity index (χ0n) is 8.42. The minimum Gasteiger partial charge on any atom is -0.322 e. The first-order chi connectivity index (χ1) is 7.65. The van der Waals surface area contributed by atoms with Gasteiger partial charge in [-0.25, -0.2) is 9.59 Å². The van der Waals surface area contributed by atoms with Crippen LogP contribution in [0.25, 0.3) is 0 Å². The fourth-order valence-corrected chi connectivity index (χ4v) is 2.33. The summed E-state index contributed by atoms with van der Waals surface area (Å²) >= 11 is 0. The van der Waals surface area contributed by atoms with Crippen LogP contribution in [0.2, 0.25) is 0 Å². The Morgan fingerprint density at radius 2 is 1.88 bits per heavy atom. The molecule has 11 heteroatoms. The number of carbonyl (C=O) groups excluding carboxylic acids is 3. The van der Waals surface area contributed by atoms with Crippen LogP contribution in [0.15, 0.2) is 0 Å². The molecule has 2 unspecified atom stereocenters. The van der Waals surface area contributed by atoms with E-state index < -0.39 is 40.0 Å². The van der Waals surface area contributed by atoms with E-state index >= 15 is 0 Å². The molecule has 0 saturated carbocycles. The van der Waals surface area contributed by atoms with Crippen molar-refractivity contribution in [2.45, 2.75) is 18.6 Å². The lowest BCUT2D eigenvalue weighted by Gasteiger charge is -2.37. The van der Waals surface area contributed by atoms with Crippen LogP contribution in [-0.2, 0) is 15.1 Å². The van der Waals surface area contributed by atoms with Crippen molar-refractivity contribution in [2.75, 3.05) is 0 Å². The van der Waals surface area contributed by atoms with Gasteiger partial charge in [-0.2, -0.15) is 8.42 Å². The van der Waals surface area contributed by atoms with Crippen LogP contribution in [0.4, 0.5) is 9.59 Å². The maximum Gasteiger partial charge on any atom is 0.370 e. The number of fused-ring (bicyclic) bond motifs is 1. The van der Waals surface area contributed by atoms with Gasteiger partial charge < -0.3 is 16.0 Å². The van der Waals surface area contributed by atoms with Crippen molar-refractivity contribution in [3.8, 4) is 0 Å². The van der Waals surface area contributed by atoms with Gasteiger partial charge in [-0.05, 0) is 6.92 Å². The van der Waals surface area contributed by atoms with Crippen LogP contribution in [0.1, 0.15) is 6.92 Å². The van der Waals surface area contributed by atoms with Crippen molar-refractivity contribution in [1.29, 1.82) is 0 Å². The van der Waals surface area contributed by atoms with Gasteiger partial charge in [0.05, 0.1) is 0 Å². The van der Waals surface area contributed by atoms with Crippen molar-refractivity contribution >= 4 is 28.3 Å². The fraction of sp³-hybridized carbons (Fsp3) is 0.500. The predicted octanol–water partition coefficient (Wildman–Crippen LogP) is -2.26. The maximum atomic E-state index is 11.7. The highest BCUT2D eigenvalue weighted by Gasteiger charge is 2.57. The molecule has 5 amide bonds. The van der Waals surface area contributed by atoms with E-state index in [1.165, 1.54) is 6.92 Å². The first-order valence-electron chi connectivity index (χ1n) is 4.37. The fourth-order valence-electron chi connectivity index (χ4n) is 1.74. The summed E-state index contributed by atoms with van der Waals surface area (Å²) < 4.78 is 30.1. The Hall–Kier alpha value is -1.88. The van der Waals surface area contributed by atoms with E-state index in [9.17, 15) is 22.8 Å². The summed E-state index contributed by atoms with van der Waals surface area (Å²) in [6, 6.07) is -3.38. The second kappa shape index (κ2) is 3.07. The summed E-state index contributed by atoms with van der Waals surface area (Å²) in [5, 5.41) is 6.50. The Balaban J connectivity index is 2.45. The number of rotatable bonds is 1. The van der Waals surface area contributed by atoms with Gasteiger partial charge in [0.15, 0.2) is 6.04 Å². The monoisotopic (exact) mass is 264 g/mol. The van der Waals surface area contributed by atoms with Crippen molar-refractivity contribution in [1.82, 2.24) is 20.3 Å². The molecule has 2 aliphatic heterocycles. The van der Waals surface area contributed by atoms with Gasteiger partial charge in [0, 0.05) is 0 Å². The largest absolute Gasteiger partial charge is 0.370 e. The van der Waals surface area contributed by atoms with Crippen molar-refractivity contribution in [3.63, 3.8) is 0 Å². The molecule has 0 aromatic heterocycles. The highest BCUT2D eigenvalue weighted by molar-refractivity contribution is 7.84. The van der Waals surface area contributed by atoms with Crippen LogP contribution in [0.3, 0.4) is 0 Å². The minimum atomic E-state index is -5.01. The van der Waals surface area contributed by atoms with Crippen LogP contribution in [0, 0.1) is 0 Å². The van der Waals surface area contributed by atoms with E-state index in [0.717, 1.165) is 0 Å². The molecule has 94 valence electrons. The summed E-state index contributed by atoms with van der Waals surface area (Å²) in [5.74, 6) is -1.24. The zero-order chi connectivity index (χ0) is 13.0.